The van der Waals surface area contributed by atoms with Gasteiger partial charge in [-0.25, -0.2) is 0 Å². The van der Waals surface area contributed by atoms with Gasteiger partial charge in [0.05, 0.1) is 0 Å². The lowest BCUT2D eigenvalue weighted by Crippen LogP contribution is -2.02. The van der Waals surface area contributed by atoms with Crippen molar-refractivity contribution in [3.63, 3.8) is 0 Å². The van der Waals surface area contributed by atoms with Crippen LogP contribution in [0, 0.1) is 0 Å². The summed E-state index contributed by atoms with van der Waals surface area (Å²) in [5, 5.41) is 0. The van der Waals surface area contributed by atoms with Gasteiger partial charge in [-0.1, -0.05) is 0 Å². The van der Waals surface area contributed by atoms with Gasteiger partial charge in [-0.3, -0.25) is 9.59 Å². The standard InChI is InChI=1S/C9H13NO2/c1-8(12)9(5-7-11)4-6-10(2)3/h4-7H,1-3H3/b6-4-,9-5+. The zero-order valence-electron chi connectivity index (χ0n) is 7.57. The Morgan fingerprint density at radius 2 is 1.92 bits per heavy atom. The Balaban J connectivity index is 4.45. The Kier molecular flexibility index (Phi) is 4.69. The fraction of sp³-hybridized carbons (Fsp3) is 0.333. The summed E-state index contributed by atoms with van der Waals surface area (Å²) in [6.45, 7) is 1.43. The predicted molar refractivity (Wildman–Crippen MR) is 47.7 cm³/mol. The quantitative estimate of drug-likeness (QED) is 0.352. The molecule has 0 aromatic heterocycles. The van der Waals surface area contributed by atoms with E-state index in [0.717, 1.165) is 0 Å². The molecule has 0 fully saturated rings. The molecule has 0 saturated carbocycles. The van der Waals surface area contributed by atoms with Crippen molar-refractivity contribution in [3.05, 3.63) is 23.9 Å². The summed E-state index contributed by atoms with van der Waals surface area (Å²) >= 11 is 0. The number of hydrogen-bond donors (Lipinski definition) is 0. The average molecular weight is 167 g/mol. The van der Waals surface area contributed by atoms with E-state index in [0.29, 0.717) is 11.9 Å². The van der Waals surface area contributed by atoms with Crippen molar-refractivity contribution in [2.75, 3.05) is 14.1 Å². The van der Waals surface area contributed by atoms with E-state index in [1.54, 1.807) is 17.2 Å². The summed E-state index contributed by atoms with van der Waals surface area (Å²) in [6.07, 6.45) is 5.19. The SMILES string of the molecule is CC(=O)C(/C=C\N(C)C)=C/C=O. The third-order valence-electron chi connectivity index (χ3n) is 1.21. The van der Waals surface area contributed by atoms with Crippen LogP contribution in [0.2, 0.25) is 0 Å². The van der Waals surface area contributed by atoms with Crippen LogP contribution in [0.3, 0.4) is 0 Å². The van der Waals surface area contributed by atoms with Gasteiger partial charge < -0.3 is 4.90 Å². The molecule has 0 amide bonds. The van der Waals surface area contributed by atoms with Crippen LogP contribution < -0.4 is 0 Å². The van der Waals surface area contributed by atoms with Crippen LogP contribution in [-0.4, -0.2) is 31.1 Å². The minimum absolute atomic E-state index is 0.111. The monoisotopic (exact) mass is 167 g/mol. The molecule has 0 bridgehead atoms. The molecule has 0 aromatic rings. The number of nitrogens with zero attached hydrogens (tertiary/aromatic N) is 1. The summed E-state index contributed by atoms with van der Waals surface area (Å²) in [5.41, 5.74) is 0.415. The first-order valence-electron chi connectivity index (χ1n) is 3.59. The van der Waals surface area contributed by atoms with E-state index in [1.165, 1.54) is 13.0 Å². The number of allylic oxidation sites excluding steroid dienone is 3. The maximum absolute atomic E-state index is 10.8. The van der Waals surface area contributed by atoms with Gasteiger partial charge in [0.1, 0.15) is 6.29 Å². The molecule has 0 aliphatic rings. The number of ketones is 1. The molecule has 0 saturated heterocycles. The maximum Gasteiger partial charge on any atom is 0.159 e. The molecule has 3 heteroatoms. The van der Waals surface area contributed by atoms with Gasteiger partial charge in [-0.05, 0) is 25.3 Å². The van der Waals surface area contributed by atoms with Crippen molar-refractivity contribution < 1.29 is 9.59 Å². The van der Waals surface area contributed by atoms with E-state index >= 15 is 0 Å². The summed E-state index contributed by atoms with van der Waals surface area (Å²) < 4.78 is 0. The smallest absolute Gasteiger partial charge is 0.159 e. The summed E-state index contributed by atoms with van der Waals surface area (Å²) in [7, 11) is 3.68. The highest BCUT2D eigenvalue weighted by molar-refractivity contribution is 5.99. The minimum Gasteiger partial charge on any atom is -0.383 e. The predicted octanol–water partition coefficient (Wildman–Crippen LogP) is 0.776. The van der Waals surface area contributed by atoms with E-state index in [4.69, 9.17) is 0 Å². The van der Waals surface area contributed by atoms with Gasteiger partial charge >= 0.3 is 0 Å². The topological polar surface area (TPSA) is 37.4 Å². The number of carbonyl (C=O) groups is 2. The fourth-order valence-electron chi connectivity index (χ4n) is 0.593. The molecule has 0 N–H and O–H groups in total. The highest BCUT2D eigenvalue weighted by Gasteiger charge is 1.97. The molecule has 0 aliphatic carbocycles. The van der Waals surface area contributed by atoms with Crippen LogP contribution in [0.1, 0.15) is 6.92 Å². The largest absolute Gasteiger partial charge is 0.383 e. The average Bonchev–Trinajstić information content (AvgIpc) is 1.96. The summed E-state index contributed by atoms with van der Waals surface area (Å²) in [5.74, 6) is -0.111. The molecule has 0 spiro atoms. The molecule has 66 valence electrons. The van der Waals surface area contributed by atoms with E-state index < -0.39 is 0 Å². The molecule has 3 nitrogen and oxygen atoms in total. The van der Waals surface area contributed by atoms with Gasteiger partial charge in [-0.15, -0.1) is 0 Å². The van der Waals surface area contributed by atoms with Crippen molar-refractivity contribution >= 4 is 12.1 Å². The number of Topliss-reactive ketones (excluding diaryl/α,β-unsaturated/α-hetero) is 1. The summed E-state index contributed by atoms with van der Waals surface area (Å²) in [6, 6.07) is 0. The second kappa shape index (κ2) is 5.29. The molecule has 0 radical (unpaired) electrons. The number of rotatable bonds is 4. The normalized spacial score (nSPS) is 11.8. The van der Waals surface area contributed by atoms with E-state index in [2.05, 4.69) is 0 Å². The molecular weight excluding hydrogens is 154 g/mol. The van der Waals surface area contributed by atoms with Crippen LogP contribution >= 0.6 is 0 Å². The molecule has 0 aliphatic heterocycles. The lowest BCUT2D eigenvalue weighted by atomic mass is 10.2. The lowest BCUT2D eigenvalue weighted by Gasteiger charge is -2.02. The van der Waals surface area contributed by atoms with Gasteiger partial charge in [-0.2, -0.15) is 0 Å². The first-order valence-corrected chi connectivity index (χ1v) is 3.59. The van der Waals surface area contributed by atoms with Crippen molar-refractivity contribution in [3.8, 4) is 0 Å². The van der Waals surface area contributed by atoms with Gasteiger partial charge in [0.25, 0.3) is 0 Å². The molecular formula is C9H13NO2. The molecule has 0 unspecified atom stereocenters. The number of carbonyl (C=O) groups excluding carboxylic acids is 2. The molecule has 12 heavy (non-hydrogen) atoms. The molecule has 0 atom stereocenters. The second-order valence-corrected chi connectivity index (χ2v) is 2.59. The third-order valence-corrected chi connectivity index (χ3v) is 1.21. The minimum atomic E-state index is -0.111. The Bertz CT molecular complexity index is 227. The number of hydrogen-bond acceptors (Lipinski definition) is 3. The molecule has 0 heterocycles. The van der Waals surface area contributed by atoms with Crippen molar-refractivity contribution in [1.82, 2.24) is 4.90 Å². The lowest BCUT2D eigenvalue weighted by molar-refractivity contribution is -0.113. The van der Waals surface area contributed by atoms with Crippen LogP contribution in [0.5, 0.6) is 0 Å². The maximum atomic E-state index is 10.8. The van der Waals surface area contributed by atoms with Crippen LogP contribution in [0.4, 0.5) is 0 Å². The molecule has 0 rings (SSSR count). The number of aldehydes is 1. The zero-order chi connectivity index (χ0) is 9.56. The summed E-state index contributed by atoms with van der Waals surface area (Å²) in [4.78, 5) is 22.7. The van der Waals surface area contributed by atoms with Crippen molar-refractivity contribution in [2.45, 2.75) is 6.92 Å². The van der Waals surface area contributed by atoms with Crippen molar-refractivity contribution in [2.24, 2.45) is 0 Å². The molecule has 0 aromatic carbocycles. The third kappa shape index (κ3) is 4.44. The highest BCUT2D eigenvalue weighted by Crippen LogP contribution is 1.97. The van der Waals surface area contributed by atoms with Crippen molar-refractivity contribution in [1.29, 1.82) is 0 Å². The van der Waals surface area contributed by atoms with Crippen LogP contribution in [0.15, 0.2) is 23.9 Å². The van der Waals surface area contributed by atoms with E-state index in [1.807, 2.05) is 14.1 Å². The Labute approximate surface area is 72.4 Å². The van der Waals surface area contributed by atoms with Crippen LogP contribution in [0.25, 0.3) is 0 Å². The van der Waals surface area contributed by atoms with E-state index in [9.17, 15) is 9.59 Å². The van der Waals surface area contributed by atoms with Gasteiger partial charge in [0, 0.05) is 19.7 Å². The van der Waals surface area contributed by atoms with Crippen LogP contribution in [-0.2, 0) is 9.59 Å². The van der Waals surface area contributed by atoms with Gasteiger partial charge in [0.15, 0.2) is 5.78 Å². The Morgan fingerprint density at radius 1 is 1.33 bits per heavy atom. The fourth-order valence-corrected chi connectivity index (χ4v) is 0.593. The van der Waals surface area contributed by atoms with Gasteiger partial charge in [0.2, 0.25) is 0 Å². The van der Waals surface area contributed by atoms with E-state index in [-0.39, 0.29) is 5.78 Å². The Hall–Kier alpha value is -1.38. The first kappa shape index (κ1) is 10.6. The zero-order valence-corrected chi connectivity index (χ0v) is 7.57. The first-order chi connectivity index (χ1) is 5.57. The Morgan fingerprint density at radius 3 is 2.25 bits per heavy atom. The second-order valence-electron chi connectivity index (χ2n) is 2.59. The highest BCUT2D eigenvalue weighted by atomic mass is 16.1.